The lowest BCUT2D eigenvalue weighted by molar-refractivity contribution is -0.384. The average molecular weight is 382 g/mol. The Kier molecular flexibility index (Phi) is 5.64. The van der Waals surface area contributed by atoms with Crippen LogP contribution in [0.5, 0.6) is 5.75 Å². The third-order valence-electron chi connectivity index (χ3n) is 4.35. The molecule has 28 heavy (non-hydrogen) atoms. The number of hydrazone groups is 1. The highest BCUT2D eigenvalue weighted by molar-refractivity contribution is 6.00. The summed E-state index contributed by atoms with van der Waals surface area (Å²) in [6, 6.07) is 12.9. The van der Waals surface area contributed by atoms with Gasteiger partial charge in [0.15, 0.2) is 0 Å². The lowest BCUT2D eigenvalue weighted by Gasteiger charge is -2.16. The van der Waals surface area contributed by atoms with Gasteiger partial charge < -0.3 is 9.64 Å². The molecule has 2 amide bonds. The second kappa shape index (κ2) is 8.30. The number of non-ortho nitro benzene ring substituents is 1. The highest BCUT2D eigenvalue weighted by atomic mass is 16.6. The summed E-state index contributed by atoms with van der Waals surface area (Å²) in [5.41, 5.74) is 3.51. The summed E-state index contributed by atoms with van der Waals surface area (Å²) < 4.78 is 5.10. The summed E-state index contributed by atoms with van der Waals surface area (Å²) in [7, 11) is 1.56. The van der Waals surface area contributed by atoms with E-state index in [0.717, 1.165) is 0 Å². The number of nitrogens with zero attached hydrogens (tertiary/aromatic N) is 3. The van der Waals surface area contributed by atoms with Gasteiger partial charge in [0.05, 0.1) is 24.2 Å². The van der Waals surface area contributed by atoms with Gasteiger partial charge in [-0.05, 0) is 24.3 Å². The molecule has 1 aliphatic heterocycles. The summed E-state index contributed by atoms with van der Waals surface area (Å²) in [5, 5.41) is 14.6. The van der Waals surface area contributed by atoms with Gasteiger partial charge in [-0.1, -0.05) is 12.1 Å². The number of anilines is 1. The van der Waals surface area contributed by atoms with Gasteiger partial charge in [-0.3, -0.25) is 19.7 Å². The Hall–Kier alpha value is -3.75. The molecular formula is C19H18N4O5. The van der Waals surface area contributed by atoms with Crippen LogP contribution in [0.25, 0.3) is 0 Å². The molecule has 1 saturated heterocycles. The third kappa shape index (κ3) is 4.32. The van der Waals surface area contributed by atoms with Crippen molar-refractivity contribution >= 4 is 29.4 Å². The first-order chi connectivity index (χ1) is 13.5. The number of nitro groups is 1. The van der Waals surface area contributed by atoms with Crippen LogP contribution in [0, 0.1) is 16.0 Å². The van der Waals surface area contributed by atoms with E-state index in [-0.39, 0.29) is 30.5 Å². The van der Waals surface area contributed by atoms with Gasteiger partial charge in [0.1, 0.15) is 5.75 Å². The Balaban J connectivity index is 1.60. The smallest absolute Gasteiger partial charge is 0.270 e. The Morgan fingerprint density at radius 1 is 1.32 bits per heavy atom. The Morgan fingerprint density at radius 3 is 2.75 bits per heavy atom. The number of rotatable bonds is 6. The van der Waals surface area contributed by atoms with Gasteiger partial charge in [-0.2, -0.15) is 5.10 Å². The molecule has 0 bridgehead atoms. The molecule has 1 unspecified atom stereocenters. The van der Waals surface area contributed by atoms with Crippen molar-refractivity contribution in [3.8, 4) is 5.75 Å². The van der Waals surface area contributed by atoms with Crippen LogP contribution in [0.15, 0.2) is 53.6 Å². The predicted octanol–water partition coefficient (Wildman–Crippen LogP) is 2.11. The number of methoxy groups -OCH3 is 1. The second-order valence-electron chi connectivity index (χ2n) is 6.19. The molecule has 9 heteroatoms. The summed E-state index contributed by atoms with van der Waals surface area (Å²) in [4.78, 5) is 36.4. The van der Waals surface area contributed by atoms with Gasteiger partial charge in [-0.15, -0.1) is 0 Å². The van der Waals surface area contributed by atoms with E-state index >= 15 is 0 Å². The molecule has 0 saturated carbocycles. The summed E-state index contributed by atoms with van der Waals surface area (Å²) >= 11 is 0. The Labute approximate surface area is 160 Å². The van der Waals surface area contributed by atoms with Crippen LogP contribution in [0.4, 0.5) is 11.4 Å². The molecule has 2 aromatic rings. The minimum atomic E-state index is -0.531. The van der Waals surface area contributed by atoms with Crippen LogP contribution in [0.1, 0.15) is 12.0 Å². The van der Waals surface area contributed by atoms with E-state index in [1.165, 1.54) is 24.4 Å². The highest BCUT2D eigenvalue weighted by Crippen LogP contribution is 2.26. The van der Waals surface area contributed by atoms with E-state index in [4.69, 9.17) is 4.74 Å². The fourth-order valence-corrected chi connectivity index (χ4v) is 2.88. The molecule has 1 atom stereocenters. The van der Waals surface area contributed by atoms with Gasteiger partial charge in [-0.25, -0.2) is 5.43 Å². The number of hydrogen-bond donors (Lipinski definition) is 1. The van der Waals surface area contributed by atoms with Crippen molar-refractivity contribution < 1.29 is 19.2 Å². The van der Waals surface area contributed by atoms with Crippen molar-refractivity contribution in [3.63, 3.8) is 0 Å². The molecule has 1 fully saturated rings. The van der Waals surface area contributed by atoms with Crippen molar-refractivity contribution in [2.75, 3.05) is 18.6 Å². The van der Waals surface area contributed by atoms with Crippen molar-refractivity contribution in [2.24, 2.45) is 11.0 Å². The van der Waals surface area contributed by atoms with E-state index in [9.17, 15) is 19.7 Å². The minimum Gasteiger partial charge on any atom is -0.497 e. The molecule has 1 aliphatic rings. The van der Waals surface area contributed by atoms with Gasteiger partial charge in [0.25, 0.3) is 5.69 Å². The maximum absolute atomic E-state index is 12.3. The van der Waals surface area contributed by atoms with E-state index in [1.807, 2.05) is 0 Å². The number of carbonyl (C=O) groups is 2. The lowest BCUT2D eigenvalue weighted by atomic mass is 10.1. The number of hydrogen-bond acceptors (Lipinski definition) is 6. The Bertz CT molecular complexity index is 926. The topological polar surface area (TPSA) is 114 Å². The van der Waals surface area contributed by atoms with Crippen molar-refractivity contribution in [2.45, 2.75) is 6.42 Å². The fourth-order valence-electron chi connectivity index (χ4n) is 2.88. The van der Waals surface area contributed by atoms with Crippen molar-refractivity contribution in [1.29, 1.82) is 0 Å². The minimum absolute atomic E-state index is 0.0631. The number of benzene rings is 2. The standard InChI is InChI=1S/C19H18N4O5/c1-28-17-7-5-15(6-8-17)22-12-14(10-18(22)24)19(25)21-20-11-13-3-2-4-16(9-13)23(26)27/h2-9,11,14H,10,12H2,1H3,(H,21,25). The first-order valence-corrected chi connectivity index (χ1v) is 8.49. The SMILES string of the molecule is COc1ccc(N2CC(C(=O)NN=Cc3cccc([N+](=O)[O-])c3)CC2=O)cc1. The van der Waals surface area contributed by atoms with Crippen LogP contribution >= 0.6 is 0 Å². The Morgan fingerprint density at radius 2 is 2.07 bits per heavy atom. The zero-order valence-corrected chi connectivity index (χ0v) is 15.1. The number of carbonyl (C=O) groups excluding carboxylic acids is 2. The number of ether oxygens (including phenoxy) is 1. The molecule has 9 nitrogen and oxygen atoms in total. The number of amides is 2. The highest BCUT2D eigenvalue weighted by Gasteiger charge is 2.35. The predicted molar refractivity (Wildman–Crippen MR) is 102 cm³/mol. The molecule has 1 N–H and O–H groups in total. The molecule has 0 aromatic heterocycles. The van der Waals surface area contributed by atoms with E-state index in [2.05, 4.69) is 10.5 Å². The van der Waals surface area contributed by atoms with Crippen LogP contribution in [-0.2, 0) is 9.59 Å². The van der Waals surface area contributed by atoms with E-state index in [1.54, 1.807) is 42.3 Å². The van der Waals surface area contributed by atoms with Gasteiger partial charge in [0, 0.05) is 36.3 Å². The molecule has 0 radical (unpaired) electrons. The first-order valence-electron chi connectivity index (χ1n) is 8.49. The summed E-state index contributed by atoms with van der Waals surface area (Å²) in [6.45, 7) is 0.253. The molecule has 0 aliphatic carbocycles. The van der Waals surface area contributed by atoms with Gasteiger partial charge in [0.2, 0.25) is 11.8 Å². The van der Waals surface area contributed by atoms with E-state index < -0.39 is 10.8 Å². The molecule has 144 valence electrons. The quantitative estimate of drug-likeness (QED) is 0.467. The van der Waals surface area contributed by atoms with Crippen LogP contribution in [0.2, 0.25) is 0 Å². The normalized spacial score (nSPS) is 16.4. The molecular weight excluding hydrogens is 364 g/mol. The third-order valence-corrected chi connectivity index (χ3v) is 4.35. The van der Waals surface area contributed by atoms with Crippen LogP contribution < -0.4 is 15.1 Å². The molecule has 3 rings (SSSR count). The van der Waals surface area contributed by atoms with Crippen molar-refractivity contribution in [1.82, 2.24) is 5.43 Å². The van der Waals surface area contributed by atoms with Crippen molar-refractivity contribution in [3.05, 3.63) is 64.2 Å². The zero-order chi connectivity index (χ0) is 20.1. The van der Waals surface area contributed by atoms with Gasteiger partial charge >= 0.3 is 0 Å². The maximum Gasteiger partial charge on any atom is 0.270 e. The van der Waals surface area contributed by atoms with E-state index in [0.29, 0.717) is 17.0 Å². The summed E-state index contributed by atoms with van der Waals surface area (Å²) in [5.74, 6) is -0.379. The first kappa shape index (κ1) is 19.0. The molecule has 0 spiro atoms. The maximum atomic E-state index is 12.3. The largest absolute Gasteiger partial charge is 0.497 e. The zero-order valence-electron chi connectivity index (χ0n) is 15.1. The second-order valence-corrected chi connectivity index (χ2v) is 6.19. The monoisotopic (exact) mass is 382 g/mol. The lowest BCUT2D eigenvalue weighted by Crippen LogP contribution is -2.30. The summed E-state index contributed by atoms with van der Waals surface area (Å²) in [6.07, 6.45) is 1.41. The van der Waals surface area contributed by atoms with Crippen LogP contribution in [0.3, 0.4) is 0 Å². The number of nitrogens with one attached hydrogen (secondary N) is 1. The number of nitro benzene ring substituents is 1. The molecule has 1 heterocycles. The average Bonchev–Trinajstić information content (AvgIpc) is 3.10. The fraction of sp³-hybridized carbons (Fsp3) is 0.211. The van der Waals surface area contributed by atoms with Crippen LogP contribution in [-0.4, -0.2) is 36.6 Å². The molecule has 2 aromatic carbocycles.